The van der Waals surface area contributed by atoms with Crippen molar-refractivity contribution in [2.45, 2.75) is 62.7 Å². The van der Waals surface area contributed by atoms with Gasteiger partial charge in [0.05, 0.1) is 11.8 Å². The van der Waals surface area contributed by atoms with Crippen molar-refractivity contribution < 1.29 is 8.42 Å². The minimum Gasteiger partial charge on any atom is -0.311 e. The van der Waals surface area contributed by atoms with E-state index in [4.69, 9.17) is 5.84 Å². The third-order valence-electron chi connectivity index (χ3n) is 3.93. The number of aliphatic imine (C=N–C) groups is 1. The number of nitrogens with one attached hydrogen (secondary N) is 1. The quantitative estimate of drug-likeness (QED) is 0.342. The second-order valence-corrected chi connectivity index (χ2v) is 7.60. The first-order valence-corrected chi connectivity index (χ1v) is 8.61. The van der Waals surface area contributed by atoms with Crippen LogP contribution in [0.3, 0.4) is 0 Å². The van der Waals surface area contributed by atoms with Crippen LogP contribution < -0.4 is 11.3 Å². The van der Waals surface area contributed by atoms with Crippen molar-refractivity contribution in [2.75, 3.05) is 5.75 Å². The molecule has 1 atom stereocenters. The molecule has 1 saturated carbocycles. The average molecular weight is 273 g/mol. The van der Waals surface area contributed by atoms with Crippen molar-refractivity contribution in [1.82, 2.24) is 5.43 Å². The Hall–Kier alpha value is -0.620. The largest absolute Gasteiger partial charge is 0.311 e. The Bertz CT molecular complexity index is 400. The van der Waals surface area contributed by atoms with Crippen LogP contribution in [0.4, 0.5) is 0 Å². The summed E-state index contributed by atoms with van der Waals surface area (Å²) in [5.74, 6) is 6.25. The first kappa shape index (κ1) is 13.8. The van der Waals surface area contributed by atoms with Crippen LogP contribution in [-0.2, 0) is 9.84 Å². The fraction of sp³-hybridized carbons (Fsp3) is 0.917. The van der Waals surface area contributed by atoms with Crippen molar-refractivity contribution in [3.05, 3.63) is 0 Å². The van der Waals surface area contributed by atoms with Gasteiger partial charge in [0.1, 0.15) is 11.1 Å². The van der Waals surface area contributed by atoms with E-state index in [1.54, 1.807) is 0 Å². The summed E-state index contributed by atoms with van der Waals surface area (Å²) in [4.78, 5) is 4.57. The molecular formula is C12H23N3O2S. The topological polar surface area (TPSA) is 84.5 Å². The summed E-state index contributed by atoms with van der Waals surface area (Å²) in [5, 5.41) is -0.502. The van der Waals surface area contributed by atoms with Crippen LogP contribution >= 0.6 is 0 Å². The Labute approximate surface area is 109 Å². The fourth-order valence-corrected chi connectivity index (χ4v) is 4.77. The molecule has 0 spiro atoms. The molecule has 5 nitrogen and oxygen atoms in total. The van der Waals surface area contributed by atoms with E-state index in [1.807, 2.05) is 0 Å². The van der Waals surface area contributed by atoms with Crippen LogP contribution in [-0.4, -0.2) is 31.3 Å². The van der Waals surface area contributed by atoms with Crippen LogP contribution in [0.5, 0.6) is 0 Å². The molecule has 104 valence electrons. The van der Waals surface area contributed by atoms with Gasteiger partial charge in [-0.1, -0.05) is 25.7 Å². The molecule has 0 radical (unpaired) electrons. The van der Waals surface area contributed by atoms with E-state index in [0.29, 0.717) is 12.3 Å². The zero-order valence-electron chi connectivity index (χ0n) is 10.8. The highest BCUT2D eigenvalue weighted by molar-refractivity contribution is 7.92. The lowest BCUT2D eigenvalue weighted by Gasteiger charge is -2.26. The third-order valence-corrected chi connectivity index (χ3v) is 6.11. The van der Waals surface area contributed by atoms with Crippen molar-refractivity contribution in [3.8, 4) is 0 Å². The summed E-state index contributed by atoms with van der Waals surface area (Å²) < 4.78 is 24.1. The lowest BCUT2D eigenvalue weighted by atomic mass is 9.96. The lowest BCUT2D eigenvalue weighted by Crippen LogP contribution is -2.46. The molecule has 1 aliphatic carbocycles. The van der Waals surface area contributed by atoms with Crippen molar-refractivity contribution in [3.63, 3.8) is 0 Å². The van der Waals surface area contributed by atoms with Gasteiger partial charge in [0, 0.05) is 0 Å². The van der Waals surface area contributed by atoms with Gasteiger partial charge >= 0.3 is 0 Å². The summed E-state index contributed by atoms with van der Waals surface area (Å²) in [5.41, 5.74) is 2.55. The summed E-state index contributed by atoms with van der Waals surface area (Å²) in [6, 6.07) is 0.252. The molecule has 2 fully saturated rings. The van der Waals surface area contributed by atoms with E-state index in [0.717, 1.165) is 25.7 Å². The Balaban J connectivity index is 2.13. The average Bonchev–Trinajstić information content (AvgIpc) is 2.37. The Morgan fingerprint density at radius 2 is 1.72 bits per heavy atom. The molecule has 1 saturated heterocycles. The van der Waals surface area contributed by atoms with E-state index in [-0.39, 0.29) is 11.8 Å². The molecular weight excluding hydrogens is 250 g/mol. The first-order chi connectivity index (χ1) is 8.63. The Morgan fingerprint density at radius 1 is 1.06 bits per heavy atom. The van der Waals surface area contributed by atoms with Gasteiger partial charge in [-0.15, -0.1) is 0 Å². The highest BCUT2D eigenvalue weighted by atomic mass is 32.2. The Morgan fingerprint density at radius 3 is 2.33 bits per heavy atom. The van der Waals surface area contributed by atoms with Crippen LogP contribution in [0.15, 0.2) is 4.99 Å². The Kier molecular flexibility index (Phi) is 4.61. The predicted octanol–water partition coefficient (Wildman–Crippen LogP) is 1.15. The molecule has 0 aromatic heterocycles. The lowest BCUT2D eigenvalue weighted by molar-refractivity contribution is 0.441. The number of amidine groups is 1. The zero-order chi connectivity index (χ0) is 13.0. The van der Waals surface area contributed by atoms with Crippen LogP contribution in [0.25, 0.3) is 0 Å². The predicted molar refractivity (Wildman–Crippen MR) is 73.1 cm³/mol. The maximum absolute atomic E-state index is 12.0. The van der Waals surface area contributed by atoms with Gasteiger partial charge in [-0.3, -0.25) is 4.99 Å². The molecule has 6 heteroatoms. The smallest absolute Gasteiger partial charge is 0.160 e. The molecule has 0 aromatic rings. The number of nitrogens with two attached hydrogens (primary N) is 1. The highest BCUT2D eigenvalue weighted by Crippen LogP contribution is 2.24. The van der Waals surface area contributed by atoms with Crippen molar-refractivity contribution in [2.24, 2.45) is 10.8 Å². The zero-order valence-corrected chi connectivity index (χ0v) is 11.6. The molecule has 0 aromatic carbocycles. The van der Waals surface area contributed by atoms with Crippen LogP contribution in [0.2, 0.25) is 0 Å². The molecule has 3 N–H and O–H groups in total. The van der Waals surface area contributed by atoms with E-state index in [1.165, 1.54) is 19.3 Å². The summed E-state index contributed by atoms with van der Waals surface area (Å²) >= 11 is 0. The van der Waals surface area contributed by atoms with Crippen molar-refractivity contribution >= 4 is 15.7 Å². The monoisotopic (exact) mass is 273 g/mol. The maximum Gasteiger partial charge on any atom is 0.160 e. The highest BCUT2D eigenvalue weighted by Gasteiger charge is 2.33. The third kappa shape index (κ3) is 3.23. The van der Waals surface area contributed by atoms with Gasteiger partial charge in [-0.05, 0) is 25.7 Å². The molecule has 1 aliphatic heterocycles. The number of hydrazine groups is 1. The standard InChI is InChI=1S/C12H23N3O2S/c13-15-12(14-10-6-2-1-3-7-10)11-8-4-5-9-18(11,16)17/h10-11H,1-9,13H2,(H,14,15). The second-order valence-electron chi connectivity index (χ2n) is 5.30. The van der Waals surface area contributed by atoms with Crippen LogP contribution in [0, 0.1) is 0 Å². The van der Waals surface area contributed by atoms with Gasteiger partial charge in [0.15, 0.2) is 9.84 Å². The van der Waals surface area contributed by atoms with E-state index in [2.05, 4.69) is 10.4 Å². The molecule has 1 heterocycles. The normalized spacial score (nSPS) is 30.1. The van der Waals surface area contributed by atoms with Gasteiger partial charge < -0.3 is 5.43 Å². The molecule has 18 heavy (non-hydrogen) atoms. The number of sulfone groups is 1. The van der Waals surface area contributed by atoms with Gasteiger partial charge in [-0.25, -0.2) is 14.3 Å². The van der Waals surface area contributed by atoms with Gasteiger partial charge in [-0.2, -0.15) is 0 Å². The van der Waals surface area contributed by atoms with Crippen LogP contribution in [0.1, 0.15) is 51.4 Å². The number of rotatable bonds is 2. The van der Waals surface area contributed by atoms with E-state index < -0.39 is 15.1 Å². The minimum absolute atomic E-state index is 0.252. The number of hydrogen-bond acceptors (Lipinski definition) is 4. The SMILES string of the molecule is NNC(=NC1CCCCC1)C1CCCCS1(=O)=O. The molecule has 2 aliphatic rings. The molecule has 1 unspecified atom stereocenters. The maximum atomic E-state index is 12.0. The fourth-order valence-electron chi connectivity index (χ4n) is 2.88. The minimum atomic E-state index is -3.06. The van der Waals surface area contributed by atoms with Gasteiger partial charge in [0.2, 0.25) is 0 Å². The number of nitrogens with zero attached hydrogens (tertiary/aromatic N) is 1. The van der Waals surface area contributed by atoms with E-state index >= 15 is 0 Å². The summed E-state index contributed by atoms with van der Waals surface area (Å²) in [7, 11) is -3.06. The summed E-state index contributed by atoms with van der Waals surface area (Å²) in [6.07, 6.45) is 8.09. The summed E-state index contributed by atoms with van der Waals surface area (Å²) in [6.45, 7) is 0. The molecule has 0 amide bonds. The van der Waals surface area contributed by atoms with Crippen molar-refractivity contribution in [1.29, 1.82) is 0 Å². The molecule has 0 bridgehead atoms. The van der Waals surface area contributed by atoms with Gasteiger partial charge in [0.25, 0.3) is 0 Å². The second kappa shape index (κ2) is 6.02. The molecule has 2 rings (SSSR count). The van der Waals surface area contributed by atoms with E-state index in [9.17, 15) is 8.42 Å². The first-order valence-electron chi connectivity index (χ1n) is 6.89. The number of hydrogen-bond donors (Lipinski definition) is 2.